The molecule has 6 nitrogen and oxygen atoms in total. The average Bonchev–Trinajstić information content (AvgIpc) is 2.39. The van der Waals surface area contributed by atoms with Crippen LogP contribution >= 0.6 is 0 Å². The van der Waals surface area contributed by atoms with Crippen molar-refractivity contribution in [3.8, 4) is 0 Å². The number of piperidine rings is 1. The number of carbonyl (C=O) groups excluding carboxylic acids is 1. The Bertz CT molecular complexity index is 383. The van der Waals surface area contributed by atoms with Gasteiger partial charge in [0.25, 0.3) is 5.91 Å². The van der Waals surface area contributed by atoms with Crippen molar-refractivity contribution in [1.29, 1.82) is 0 Å². The molecular formula is C11H17N5O. The lowest BCUT2D eigenvalue weighted by molar-refractivity contribution is 0.0691. The molecule has 6 heteroatoms. The van der Waals surface area contributed by atoms with E-state index in [0.29, 0.717) is 17.4 Å². The minimum atomic E-state index is -0.0482. The van der Waals surface area contributed by atoms with Crippen LogP contribution in [0.2, 0.25) is 0 Å². The number of hydrazine groups is 1. The van der Waals surface area contributed by atoms with E-state index < -0.39 is 0 Å². The van der Waals surface area contributed by atoms with Crippen molar-refractivity contribution in [2.24, 2.45) is 11.8 Å². The van der Waals surface area contributed by atoms with E-state index in [0.717, 1.165) is 25.9 Å². The van der Waals surface area contributed by atoms with E-state index in [4.69, 9.17) is 5.84 Å². The minimum Gasteiger partial charge on any atom is -0.337 e. The Morgan fingerprint density at radius 3 is 2.65 bits per heavy atom. The molecule has 0 saturated carbocycles. The highest BCUT2D eigenvalue weighted by molar-refractivity contribution is 5.92. The molecular weight excluding hydrogens is 218 g/mol. The maximum Gasteiger partial charge on any atom is 0.274 e. The Morgan fingerprint density at radius 2 is 2.12 bits per heavy atom. The lowest BCUT2D eigenvalue weighted by Crippen LogP contribution is -2.38. The minimum absolute atomic E-state index is 0.0482. The Hall–Kier alpha value is -1.69. The molecule has 92 valence electrons. The fourth-order valence-corrected chi connectivity index (χ4v) is 1.89. The van der Waals surface area contributed by atoms with E-state index in [2.05, 4.69) is 22.3 Å². The van der Waals surface area contributed by atoms with E-state index in [1.54, 1.807) is 0 Å². The average molecular weight is 235 g/mol. The third kappa shape index (κ3) is 2.71. The Morgan fingerprint density at radius 1 is 1.41 bits per heavy atom. The van der Waals surface area contributed by atoms with Gasteiger partial charge in [-0.25, -0.2) is 15.8 Å². The summed E-state index contributed by atoms with van der Waals surface area (Å²) < 4.78 is 0. The zero-order valence-corrected chi connectivity index (χ0v) is 9.89. The molecule has 1 aromatic heterocycles. The molecule has 1 aliphatic rings. The first-order chi connectivity index (χ1) is 8.20. The van der Waals surface area contributed by atoms with E-state index in [1.165, 1.54) is 12.4 Å². The van der Waals surface area contributed by atoms with Crippen molar-refractivity contribution in [1.82, 2.24) is 14.9 Å². The second kappa shape index (κ2) is 5.09. The lowest BCUT2D eigenvalue weighted by Gasteiger charge is -2.29. The van der Waals surface area contributed by atoms with Crippen LogP contribution in [-0.2, 0) is 0 Å². The second-order valence-corrected chi connectivity index (χ2v) is 4.41. The van der Waals surface area contributed by atoms with Crippen molar-refractivity contribution < 1.29 is 4.79 Å². The first kappa shape index (κ1) is 11.8. The predicted octanol–water partition coefficient (Wildman–Crippen LogP) is 0.634. The fourth-order valence-electron chi connectivity index (χ4n) is 1.89. The van der Waals surface area contributed by atoms with Crippen LogP contribution < -0.4 is 11.3 Å². The van der Waals surface area contributed by atoms with E-state index in [-0.39, 0.29) is 5.91 Å². The first-order valence-corrected chi connectivity index (χ1v) is 5.78. The lowest BCUT2D eigenvalue weighted by atomic mass is 9.99. The van der Waals surface area contributed by atoms with Gasteiger partial charge in [-0.3, -0.25) is 4.79 Å². The summed E-state index contributed by atoms with van der Waals surface area (Å²) in [5.41, 5.74) is 2.75. The molecule has 0 aliphatic carbocycles. The van der Waals surface area contributed by atoms with Gasteiger partial charge in [0.2, 0.25) is 0 Å². The highest BCUT2D eigenvalue weighted by atomic mass is 16.2. The van der Waals surface area contributed by atoms with Gasteiger partial charge in [0.15, 0.2) is 5.82 Å². The van der Waals surface area contributed by atoms with E-state index in [1.807, 2.05) is 4.90 Å². The number of nitrogen functional groups attached to an aromatic ring is 1. The van der Waals surface area contributed by atoms with Gasteiger partial charge < -0.3 is 10.3 Å². The van der Waals surface area contributed by atoms with Crippen LogP contribution in [0, 0.1) is 5.92 Å². The molecule has 2 rings (SSSR count). The Balaban J connectivity index is 2.03. The number of aromatic nitrogens is 2. The molecule has 17 heavy (non-hydrogen) atoms. The number of carbonyl (C=O) groups is 1. The van der Waals surface area contributed by atoms with Gasteiger partial charge >= 0.3 is 0 Å². The van der Waals surface area contributed by atoms with Crippen molar-refractivity contribution in [3.05, 3.63) is 18.1 Å². The molecule has 0 unspecified atom stereocenters. The number of hydrogen-bond acceptors (Lipinski definition) is 5. The monoisotopic (exact) mass is 235 g/mol. The highest BCUT2D eigenvalue weighted by Gasteiger charge is 2.22. The zero-order valence-electron chi connectivity index (χ0n) is 9.89. The number of anilines is 1. The van der Waals surface area contributed by atoms with Crippen LogP contribution in [0.3, 0.4) is 0 Å². The molecule has 0 spiro atoms. The maximum absolute atomic E-state index is 12.1. The number of amides is 1. The summed E-state index contributed by atoms with van der Waals surface area (Å²) in [5, 5.41) is 0. The molecule has 0 radical (unpaired) electrons. The van der Waals surface area contributed by atoms with Crippen LogP contribution in [-0.4, -0.2) is 33.9 Å². The molecule has 1 aliphatic heterocycles. The number of nitrogens with one attached hydrogen (secondary N) is 1. The SMILES string of the molecule is CC1CCN(C(=O)c2cnc(NN)cn2)CC1. The molecule has 1 saturated heterocycles. The highest BCUT2D eigenvalue weighted by Crippen LogP contribution is 2.17. The van der Waals surface area contributed by atoms with Gasteiger partial charge in [-0.2, -0.15) is 0 Å². The van der Waals surface area contributed by atoms with Gasteiger partial charge in [0, 0.05) is 13.1 Å². The summed E-state index contributed by atoms with van der Waals surface area (Å²) in [7, 11) is 0. The van der Waals surface area contributed by atoms with Gasteiger partial charge in [-0.1, -0.05) is 6.92 Å². The molecule has 0 atom stereocenters. The molecule has 1 aromatic rings. The van der Waals surface area contributed by atoms with Crippen molar-refractivity contribution in [2.75, 3.05) is 18.5 Å². The van der Waals surface area contributed by atoms with Gasteiger partial charge in [0.1, 0.15) is 5.69 Å². The van der Waals surface area contributed by atoms with Crippen LogP contribution in [0.25, 0.3) is 0 Å². The molecule has 1 amide bonds. The number of nitrogens with two attached hydrogens (primary N) is 1. The van der Waals surface area contributed by atoms with Crippen LogP contribution in [0.1, 0.15) is 30.3 Å². The summed E-state index contributed by atoms with van der Waals surface area (Å²) in [6, 6.07) is 0. The number of hydrogen-bond donors (Lipinski definition) is 2. The smallest absolute Gasteiger partial charge is 0.274 e. The van der Waals surface area contributed by atoms with E-state index in [9.17, 15) is 4.79 Å². The normalized spacial score (nSPS) is 16.9. The van der Waals surface area contributed by atoms with Gasteiger partial charge in [0.05, 0.1) is 12.4 Å². The zero-order chi connectivity index (χ0) is 12.3. The third-order valence-corrected chi connectivity index (χ3v) is 3.09. The summed E-state index contributed by atoms with van der Waals surface area (Å²) in [6.45, 7) is 3.82. The van der Waals surface area contributed by atoms with Crippen molar-refractivity contribution in [3.63, 3.8) is 0 Å². The van der Waals surface area contributed by atoms with Gasteiger partial charge in [-0.15, -0.1) is 0 Å². The Labute approximate surface area is 100 Å². The molecule has 0 bridgehead atoms. The van der Waals surface area contributed by atoms with Crippen molar-refractivity contribution in [2.45, 2.75) is 19.8 Å². The predicted molar refractivity (Wildman–Crippen MR) is 64.1 cm³/mol. The molecule has 1 fully saturated rings. The quantitative estimate of drug-likeness (QED) is 0.580. The fraction of sp³-hybridized carbons (Fsp3) is 0.545. The van der Waals surface area contributed by atoms with Crippen LogP contribution in [0.5, 0.6) is 0 Å². The summed E-state index contributed by atoms with van der Waals surface area (Å²) >= 11 is 0. The third-order valence-electron chi connectivity index (χ3n) is 3.09. The standard InChI is InChI=1S/C11H17N5O/c1-8-2-4-16(5-3-8)11(17)9-6-14-10(15-12)7-13-9/h6-8H,2-5,12H2,1H3,(H,14,15). The van der Waals surface area contributed by atoms with Crippen LogP contribution in [0.4, 0.5) is 5.82 Å². The largest absolute Gasteiger partial charge is 0.337 e. The van der Waals surface area contributed by atoms with Gasteiger partial charge in [-0.05, 0) is 18.8 Å². The van der Waals surface area contributed by atoms with Crippen molar-refractivity contribution >= 4 is 11.7 Å². The Kier molecular flexibility index (Phi) is 3.53. The topological polar surface area (TPSA) is 84.1 Å². The molecule has 0 aromatic carbocycles. The van der Waals surface area contributed by atoms with Crippen LogP contribution in [0.15, 0.2) is 12.4 Å². The number of likely N-dealkylation sites (tertiary alicyclic amines) is 1. The molecule has 3 N–H and O–H groups in total. The summed E-state index contributed by atoms with van der Waals surface area (Å²) in [6.07, 6.45) is 5.03. The second-order valence-electron chi connectivity index (χ2n) is 4.41. The maximum atomic E-state index is 12.1. The van der Waals surface area contributed by atoms with E-state index >= 15 is 0 Å². The first-order valence-electron chi connectivity index (χ1n) is 5.78. The number of nitrogens with zero attached hydrogens (tertiary/aromatic N) is 3. The molecule has 2 heterocycles. The summed E-state index contributed by atoms with van der Waals surface area (Å²) in [4.78, 5) is 21.9. The number of rotatable bonds is 2. The summed E-state index contributed by atoms with van der Waals surface area (Å²) in [5.74, 6) is 6.29.